The minimum atomic E-state index is -0.0678. The number of nitrogens with two attached hydrogens (primary N) is 1. The molecule has 104 valence electrons. The van der Waals surface area contributed by atoms with E-state index >= 15 is 0 Å². The van der Waals surface area contributed by atoms with Gasteiger partial charge in [-0.1, -0.05) is 6.92 Å². The molecule has 0 saturated carbocycles. The Morgan fingerprint density at radius 2 is 2.32 bits per heavy atom. The van der Waals surface area contributed by atoms with Crippen LogP contribution in [0.3, 0.4) is 0 Å². The van der Waals surface area contributed by atoms with Crippen molar-refractivity contribution in [2.45, 2.75) is 13.3 Å². The van der Waals surface area contributed by atoms with Gasteiger partial charge in [0.15, 0.2) is 6.61 Å². The average molecular weight is 265 g/mol. The molecule has 0 unspecified atom stereocenters. The highest BCUT2D eigenvalue weighted by atomic mass is 16.5. The standard InChI is InChI=1S/C13H19N3O3/c1-2-6-18-7-5-16-11-8-10(15-14)3-4-12(11)19-9-13(16)17/h3-4,8,15H,2,5-7,9,14H2,1H3. The van der Waals surface area contributed by atoms with E-state index in [2.05, 4.69) is 5.43 Å². The highest BCUT2D eigenvalue weighted by Crippen LogP contribution is 2.34. The topological polar surface area (TPSA) is 76.8 Å². The number of carbonyl (C=O) groups is 1. The van der Waals surface area contributed by atoms with E-state index in [4.69, 9.17) is 15.3 Å². The molecule has 0 aromatic heterocycles. The van der Waals surface area contributed by atoms with Crippen molar-refractivity contribution in [3.8, 4) is 5.75 Å². The molecular formula is C13H19N3O3. The van der Waals surface area contributed by atoms with Crippen molar-refractivity contribution in [1.29, 1.82) is 0 Å². The SMILES string of the molecule is CCCOCCN1C(=O)COc2ccc(NN)cc21. The predicted molar refractivity (Wildman–Crippen MR) is 73.2 cm³/mol. The second kappa shape index (κ2) is 6.40. The Balaban J connectivity index is 2.12. The molecule has 3 N–H and O–H groups in total. The molecule has 0 fully saturated rings. The van der Waals surface area contributed by atoms with E-state index in [1.807, 2.05) is 6.92 Å². The van der Waals surface area contributed by atoms with Crippen molar-refractivity contribution in [3.63, 3.8) is 0 Å². The molecule has 0 atom stereocenters. The van der Waals surface area contributed by atoms with Crippen LogP contribution < -0.4 is 20.9 Å². The zero-order valence-electron chi connectivity index (χ0n) is 11.0. The molecule has 1 aliphatic rings. The molecule has 1 heterocycles. The number of nitrogens with one attached hydrogen (secondary N) is 1. The van der Waals surface area contributed by atoms with Gasteiger partial charge in [-0.3, -0.25) is 10.6 Å². The van der Waals surface area contributed by atoms with Gasteiger partial charge in [-0.15, -0.1) is 0 Å². The van der Waals surface area contributed by atoms with Crippen molar-refractivity contribution in [3.05, 3.63) is 18.2 Å². The number of amides is 1. The van der Waals surface area contributed by atoms with Crippen LogP contribution in [0.4, 0.5) is 11.4 Å². The molecule has 6 nitrogen and oxygen atoms in total. The van der Waals surface area contributed by atoms with Gasteiger partial charge in [0.1, 0.15) is 5.75 Å². The molecule has 1 aliphatic heterocycles. The fourth-order valence-electron chi connectivity index (χ4n) is 1.94. The largest absolute Gasteiger partial charge is 0.482 e. The van der Waals surface area contributed by atoms with Crippen LogP contribution in [-0.4, -0.2) is 32.3 Å². The van der Waals surface area contributed by atoms with Crippen molar-refractivity contribution < 1.29 is 14.3 Å². The van der Waals surface area contributed by atoms with Gasteiger partial charge in [0, 0.05) is 13.2 Å². The van der Waals surface area contributed by atoms with Crippen LogP contribution in [0.2, 0.25) is 0 Å². The van der Waals surface area contributed by atoms with Crippen LogP contribution in [0, 0.1) is 0 Å². The summed E-state index contributed by atoms with van der Waals surface area (Å²) in [7, 11) is 0. The summed E-state index contributed by atoms with van der Waals surface area (Å²) in [4.78, 5) is 13.6. The molecule has 0 spiro atoms. The third kappa shape index (κ3) is 3.15. The number of nitrogens with zero attached hydrogens (tertiary/aromatic N) is 1. The molecule has 0 radical (unpaired) electrons. The zero-order chi connectivity index (χ0) is 13.7. The Bertz CT molecular complexity index is 451. The van der Waals surface area contributed by atoms with Crippen LogP contribution in [-0.2, 0) is 9.53 Å². The van der Waals surface area contributed by atoms with Gasteiger partial charge in [0.2, 0.25) is 0 Å². The number of hydrogen-bond acceptors (Lipinski definition) is 5. The minimum absolute atomic E-state index is 0.0657. The summed E-state index contributed by atoms with van der Waals surface area (Å²) in [5, 5.41) is 0. The fourth-order valence-corrected chi connectivity index (χ4v) is 1.94. The molecule has 1 aromatic rings. The number of anilines is 2. The third-order valence-corrected chi connectivity index (χ3v) is 2.88. The number of benzene rings is 1. The summed E-state index contributed by atoms with van der Waals surface area (Å²) >= 11 is 0. The van der Waals surface area contributed by atoms with E-state index in [-0.39, 0.29) is 12.5 Å². The normalized spacial score (nSPS) is 14.0. The Kier molecular flexibility index (Phi) is 4.59. The molecular weight excluding hydrogens is 246 g/mol. The smallest absolute Gasteiger partial charge is 0.265 e. The van der Waals surface area contributed by atoms with Gasteiger partial charge in [0.25, 0.3) is 5.91 Å². The van der Waals surface area contributed by atoms with Crippen LogP contribution in [0.15, 0.2) is 18.2 Å². The second-order valence-electron chi connectivity index (χ2n) is 4.27. The van der Waals surface area contributed by atoms with Gasteiger partial charge in [-0.05, 0) is 24.6 Å². The first-order chi connectivity index (χ1) is 9.26. The Morgan fingerprint density at radius 3 is 3.05 bits per heavy atom. The number of nitrogen functional groups attached to an aromatic ring is 1. The summed E-state index contributed by atoms with van der Waals surface area (Å²) in [6.45, 7) is 3.85. The lowest BCUT2D eigenvalue weighted by Crippen LogP contribution is -2.40. The molecule has 19 heavy (non-hydrogen) atoms. The highest BCUT2D eigenvalue weighted by molar-refractivity contribution is 5.98. The van der Waals surface area contributed by atoms with Crippen LogP contribution in [0.5, 0.6) is 5.75 Å². The Morgan fingerprint density at radius 1 is 1.47 bits per heavy atom. The summed E-state index contributed by atoms with van der Waals surface area (Å²) in [6.07, 6.45) is 0.967. The quantitative estimate of drug-likeness (QED) is 0.458. The van der Waals surface area contributed by atoms with Gasteiger partial charge in [-0.25, -0.2) is 0 Å². The summed E-state index contributed by atoms with van der Waals surface area (Å²) in [5.41, 5.74) is 4.03. The van der Waals surface area contributed by atoms with E-state index in [0.29, 0.717) is 25.5 Å². The number of fused-ring (bicyclic) bond motifs is 1. The van der Waals surface area contributed by atoms with E-state index in [1.165, 1.54) is 0 Å². The molecule has 1 aromatic carbocycles. The number of hydrogen-bond donors (Lipinski definition) is 2. The first-order valence-electron chi connectivity index (χ1n) is 6.38. The molecule has 0 bridgehead atoms. The van der Waals surface area contributed by atoms with E-state index in [1.54, 1.807) is 23.1 Å². The first kappa shape index (κ1) is 13.6. The average Bonchev–Trinajstić information content (AvgIpc) is 2.44. The molecule has 0 saturated heterocycles. The van der Waals surface area contributed by atoms with Crippen LogP contribution in [0.25, 0.3) is 0 Å². The molecule has 0 aliphatic carbocycles. The maximum Gasteiger partial charge on any atom is 0.265 e. The zero-order valence-corrected chi connectivity index (χ0v) is 11.0. The molecule has 6 heteroatoms. The lowest BCUT2D eigenvalue weighted by Gasteiger charge is -2.29. The van der Waals surface area contributed by atoms with Crippen molar-refractivity contribution >= 4 is 17.3 Å². The third-order valence-electron chi connectivity index (χ3n) is 2.88. The number of ether oxygens (including phenoxy) is 2. The van der Waals surface area contributed by atoms with E-state index in [0.717, 1.165) is 17.8 Å². The Labute approximate surface area is 112 Å². The Hall–Kier alpha value is -1.79. The molecule has 1 amide bonds. The monoisotopic (exact) mass is 265 g/mol. The van der Waals surface area contributed by atoms with Gasteiger partial charge < -0.3 is 19.8 Å². The van der Waals surface area contributed by atoms with E-state index in [9.17, 15) is 4.79 Å². The fraction of sp³-hybridized carbons (Fsp3) is 0.462. The number of rotatable bonds is 6. The summed E-state index contributed by atoms with van der Waals surface area (Å²) in [6, 6.07) is 5.41. The van der Waals surface area contributed by atoms with Crippen molar-refractivity contribution in [2.24, 2.45) is 5.84 Å². The first-order valence-corrected chi connectivity index (χ1v) is 6.38. The minimum Gasteiger partial charge on any atom is -0.482 e. The second-order valence-corrected chi connectivity index (χ2v) is 4.27. The number of carbonyl (C=O) groups excluding carboxylic acids is 1. The maximum absolute atomic E-state index is 11.9. The van der Waals surface area contributed by atoms with Crippen LogP contribution in [0.1, 0.15) is 13.3 Å². The summed E-state index contributed by atoms with van der Waals surface area (Å²) < 4.78 is 10.8. The van der Waals surface area contributed by atoms with Gasteiger partial charge >= 0.3 is 0 Å². The van der Waals surface area contributed by atoms with Crippen molar-refractivity contribution in [1.82, 2.24) is 0 Å². The predicted octanol–water partition coefficient (Wildman–Crippen LogP) is 1.12. The van der Waals surface area contributed by atoms with Crippen LogP contribution >= 0.6 is 0 Å². The van der Waals surface area contributed by atoms with Crippen molar-refractivity contribution in [2.75, 3.05) is 36.7 Å². The lowest BCUT2D eigenvalue weighted by molar-refractivity contribution is -0.121. The maximum atomic E-state index is 11.9. The number of hydrazine groups is 1. The van der Waals surface area contributed by atoms with E-state index < -0.39 is 0 Å². The van der Waals surface area contributed by atoms with Gasteiger partial charge in [-0.2, -0.15) is 0 Å². The highest BCUT2D eigenvalue weighted by Gasteiger charge is 2.25. The lowest BCUT2D eigenvalue weighted by atomic mass is 10.2. The molecule has 2 rings (SSSR count). The summed E-state index contributed by atoms with van der Waals surface area (Å²) in [5.74, 6) is 6.00. The van der Waals surface area contributed by atoms with Gasteiger partial charge in [0.05, 0.1) is 18.0 Å².